The van der Waals surface area contributed by atoms with Gasteiger partial charge < -0.3 is 15.4 Å². The number of anilines is 2. The zero-order chi connectivity index (χ0) is 28.6. The maximum atomic E-state index is 14.4. The molecule has 40 heavy (non-hydrogen) atoms. The average molecular weight is 573 g/mol. The number of ether oxygens (including phenoxy) is 1. The van der Waals surface area contributed by atoms with E-state index in [4.69, 9.17) is 4.74 Å². The molecular weight excluding hydrogens is 555 g/mol. The summed E-state index contributed by atoms with van der Waals surface area (Å²) in [5.41, 5.74) is -1.80. The fraction of sp³-hybridized carbons (Fsp3) is 0.185. The van der Waals surface area contributed by atoms with Gasteiger partial charge in [-0.05, 0) is 48.7 Å². The highest BCUT2D eigenvalue weighted by molar-refractivity contribution is 7.22. The molecule has 0 saturated heterocycles. The number of hydrogen-bond acceptors (Lipinski definition) is 6. The molecule has 2 amide bonds. The van der Waals surface area contributed by atoms with Crippen LogP contribution in [-0.4, -0.2) is 16.8 Å². The summed E-state index contributed by atoms with van der Waals surface area (Å²) in [6, 6.07) is 11.0. The molecule has 0 radical (unpaired) electrons. The van der Waals surface area contributed by atoms with E-state index in [0.29, 0.717) is 21.4 Å². The van der Waals surface area contributed by atoms with Crippen LogP contribution < -0.4 is 15.4 Å². The van der Waals surface area contributed by atoms with E-state index in [1.807, 2.05) is 6.07 Å². The number of carbonyl (C=O) groups excluding carboxylic acids is 2. The van der Waals surface area contributed by atoms with E-state index < -0.39 is 41.3 Å². The second-order valence-corrected chi connectivity index (χ2v) is 9.93. The Labute approximate surface area is 227 Å². The summed E-state index contributed by atoms with van der Waals surface area (Å²) >= 11 is 1.10. The van der Waals surface area contributed by atoms with Crippen LogP contribution in [0.15, 0.2) is 48.5 Å². The van der Waals surface area contributed by atoms with Crippen LogP contribution in [0.25, 0.3) is 10.2 Å². The summed E-state index contributed by atoms with van der Waals surface area (Å²) in [5.74, 6) is -3.44. The van der Waals surface area contributed by atoms with Gasteiger partial charge in [0, 0.05) is 12.0 Å². The lowest BCUT2D eigenvalue weighted by Crippen LogP contribution is -2.18. The van der Waals surface area contributed by atoms with Gasteiger partial charge in [0.15, 0.2) is 5.13 Å². The highest BCUT2D eigenvalue weighted by Crippen LogP contribution is 2.38. The van der Waals surface area contributed by atoms with E-state index in [-0.39, 0.29) is 34.6 Å². The Morgan fingerprint density at radius 2 is 1.88 bits per heavy atom. The predicted octanol–water partition coefficient (Wildman–Crippen LogP) is 6.79. The Balaban J connectivity index is 1.34. The number of aromatic nitrogens is 1. The van der Waals surface area contributed by atoms with Gasteiger partial charge in [-0.3, -0.25) is 9.59 Å². The molecule has 1 heterocycles. The molecule has 1 aromatic heterocycles. The molecule has 0 aliphatic heterocycles. The van der Waals surface area contributed by atoms with Crippen molar-refractivity contribution in [3.8, 4) is 17.6 Å². The van der Waals surface area contributed by atoms with Crippen LogP contribution in [0.5, 0.6) is 11.5 Å². The zero-order valence-corrected chi connectivity index (χ0v) is 21.1. The number of rotatable bonds is 7. The van der Waals surface area contributed by atoms with Crippen LogP contribution in [-0.2, 0) is 22.2 Å². The smallest absolute Gasteiger partial charge is 0.419 e. The van der Waals surface area contributed by atoms with Gasteiger partial charge in [-0.2, -0.15) is 18.4 Å². The summed E-state index contributed by atoms with van der Waals surface area (Å²) in [7, 11) is 0. The molecule has 0 bridgehead atoms. The Kier molecular flexibility index (Phi) is 7.12. The van der Waals surface area contributed by atoms with Crippen LogP contribution in [0.1, 0.15) is 29.5 Å². The van der Waals surface area contributed by atoms with Crippen LogP contribution >= 0.6 is 11.3 Å². The molecule has 4 aromatic rings. The van der Waals surface area contributed by atoms with Gasteiger partial charge in [-0.15, -0.1) is 0 Å². The number of nitrogens with zero attached hydrogens (tertiary/aromatic N) is 2. The Morgan fingerprint density at radius 1 is 1.10 bits per heavy atom. The van der Waals surface area contributed by atoms with E-state index >= 15 is 0 Å². The van der Waals surface area contributed by atoms with Gasteiger partial charge in [-0.1, -0.05) is 23.5 Å². The third-order valence-electron chi connectivity index (χ3n) is 5.98. The van der Waals surface area contributed by atoms with Gasteiger partial charge >= 0.3 is 6.18 Å². The topological polar surface area (TPSA) is 104 Å². The molecule has 13 heteroatoms. The SMILES string of the molecule is N#Cc1c(Oc2ccc(F)c(NC(=O)Cc3cccc(C(F)(F)F)c3F)c2)ccc2nc(NC(=O)C3CC3)sc12. The first-order valence-electron chi connectivity index (χ1n) is 11.8. The van der Waals surface area contributed by atoms with Crippen molar-refractivity contribution in [1.82, 2.24) is 4.98 Å². The molecule has 1 aliphatic rings. The molecule has 1 saturated carbocycles. The summed E-state index contributed by atoms with van der Waals surface area (Å²) in [6.07, 6.45) is -4.08. The molecule has 0 unspecified atom stereocenters. The van der Waals surface area contributed by atoms with Crippen LogP contribution in [0.3, 0.4) is 0 Å². The summed E-state index contributed by atoms with van der Waals surface area (Å²) in [5, 5.41) is 15.1. The molecule has 2 N–H and O–H groups in total. The summed E-state index contributed by atoms with van der Waals surface area (Å²) in [6.45, 7) is 0. The first-order valence-corrected chi connectivity index (χ1v) is 12.6. The van der Waals surface area contributed by atoms with E-state index in [0.717, 1.165) is 48.4 Å². The number of fused-ring (bicyclic) bond motifs is 1. The van der Waals surface area contributed by atoms with Crippen molar-refractivity contribution in [3.05, 3.63) is 76.9 Å². The van der Waals surface area contributed by atoms with Crippen LogP contribution in [0, 0.1) is 28.9 Å². The van der Waals surface area contributed by atoms with E-state index in [9.17, 15) is 36.8 Å². The van der Waals surface area contributed by atoms with Gasteiger partial charge in [-0.25, -0.2) is 13.8 Å². The molecule has 7 nitrogen and oxygen atoms in total. The van der Waals surface area contributed by atoms with E-state index in [1.54, 1.807) is 6.07 Å². The number of halogens is 5. The lowest BCUT2D eigenvalue weighted by atomic mass is 10.1. The van der Waals surface area contributed by atoms with Crippen molar-refractivity contribution in [3.63, 3.8) is 0 Å². The lowest BCUT2D eigenvalue weighted by molar-refractivity contribution is -0.140. The quantitative estimate of drug-likeness (QED) is 0.238. The summed E-state index contributed by atoms with van der Waals surface area (Å²) in [4.78, 5) is 28.8. The van der Waals surface area contributed by atoms with Crippen molar-refractivity contribution < 1.29 is 36.3 Å². The zero-order valence-electron chi connectivity index (χ0n) is 20.2. The third-order valence-corrected chi connectivity index (χ3v) is 6.99. The minimum Gasteiger partial charge on any atom is -0.456 e. The monoisotopic (exact) mass is 572 g/mol. The van der Waals surface area contributed by atoms with Crippen molar-refractivity contribution in [2.75, 3.05) is 10.6 Å². The Hall–Kier alpha value is -4.57. The maximum Gasteiger partial charge on any atom is 0.419 e. The number of amides is 2. The van der Waals surface area contributed by atoms with Crippen molar-refractivity contribution in [2.45, 2.75) is 25.4 Å². The number of nitriles is 1. The number of benzene rings is 3. The third kappa shape index (κ3) is 5.72. The van der Waals surface area contributed by atoms with Crippen molar-refractivity contribution >= 4 is 44.2 Å². The largest absolute Gasteiger partial charge is 0.456 e. The van der Waals surface area contributed by atoms with Crippen molar-refractivity contribution in [2.24, 2.45) is 5.92 Å². The average Bonchev–Trinajstić information content (AvgIpc) is 3.67. The van der Waals surface area contributed by atoms with Gasteiger partial charge in [0.1, 0.15) is 34.8 Å². The molecule has 1 fully saturated rings. The number of thiazole rings is 1. The van der Waals surface area contributed by atoms with Crippen LogP contribution in [0.4, 0.5) is 32.8 Å². The highest BCUT2D eigenvalue weighted by Gasteiger charge is 2.35. The molecule has 0 spiro atoms. The van der Waals surface area contributed by atoms with E-state index in [2.05, 4.69) is 15.6 Å². The fourth-order valence-corrected chi connectivity index (χ4v) is 4.82. The van der Waals surface area contributed by atoms with Crippen molar-refractivity contribution in [1.29, 1.82) is 5.26 Å². The normalized spacial score (nSPS) is 13.1. The fourth-order valence-electron chi connectivity index (χ4n) is 3.86. The summed E-state index contributed by atoms with van der Waals surface area (Å²) < 4.78 is 73.9. The standard InChI is InChI=1S/C27H17F5N4O3S/c28-18-7-6-15(11-20(18)34-22(37)10-14-2-1-3-17(23(14)29)27(30,31)32)39-21-9-8-19-24(16(21)12-33)40-26(35-19)36-25(38)13-4-5-13/h1-3,6-9,11,13H,4-5,10H2,(H,34,37)(H,35,36,38). The minimum absolute atomic E-state index is 0.0291. The van der Waals surface area contributed by atoms with E-state index in [1.165, 1.54) is 12.1 Å². The molecule has 5 rings (SSSR count). The van der Waals surface area contributed by atoms with Crippen LogP contribution in [0.2, 0.25) is 0 Å². The first-order chi connectivity index (χ1) is 19.0. The first kappa shape index (κ1) is 27.0. The second kappa shape index (κ2) is 10.5. The number of carbonyl (C=O) groups is 2. The number of alkyl halides is 3. The maximum absolute atomic E-state index is 14.4. The minimum atomic E-state index is -4.94. The Morgan fingerprint density at radius 3 is 2.58 bits per heavy atom. The predicted molar refractivity (Wildman–Crippen MR) is 136 cm³/mol. The van der Waals surface area contributed by atoms with Gasteiger partial charge in [0.25, 0.3) is 0 Å². The Bertz CT molecular complexity index is 1690. The molecule has 204 valence electrons. The number of nitrogens with one attached hydrogen (secondary N) is 2. The second-order valence-electron chi connectivity index (χ2n) is 8.93. The number of hydrogen-bond donors (Lipinski definition) is 2. The molecular formula is C27H17F5N4O3S. The molecule has 3 aromatic carbocycles. The molecule has 0 atom stereocenters. The van der Waals surface area contributed by atoms with Gasteiger partial charge in [0.2, 0.25) is 11.8 Å². The molecule has 1 aliphatic carbocycles. The van der Waals surface area contributed by atoms with Gasteiger partial charge in [0.05, 0.1) is 27.9 Å². The lowest BCUT2D eigenvalue weighted by Gasteiger charge is -2.13. The highest BCUT2D eigenvalue weighted by atomic mass is 32.1.